The lowest BCUT2D eigenvalue weighted by molar-refractivity contribution is -0.136. The third-order valence-electron chi connectivity index (χ3n) is 5.64. The molecule has 0 saturated carbocycles. The lowest BCUT2D eigenvalue weighted by Gasteiger charge is -2.37. The van der Waals surface area contributed by atoms with Crippen LogP contribution in [0.1, 0.15) is 6.42 Å². The van der Waals surface area contributed by atoms with Crippen molar-refractivity contribution in [3.05, 3.63) is 54.3 Å². The van der Waals surface area contributed by atoms with Crippen molar-refractivity contribution in [1.82, 2.24) is 4.90 Å². The predicted molar refractivity (Wildman–Crippen MR) is 114 cm³/mol. The van der Waals surface area contributed by atoms with Gasteiger partial charge in [-0.05, 0) is 42.7 Å². The number of nitrogens with zero attached hydrogens (tertiary/aromatic N) is 3. The number of hydrogen-bond donors (Lipinski definition) is 0. The van der Waals surface area contributed by atoms with Gasteiger partial charge in [0, 0.05) is 49.7 Å². The van der Waals surface area contributed by atoms with E-state index in [1.165, 1.54) is 6.07 Å². The number of carbonyl (C=O) groups excluding carboxylic acids is 2. The van der Waals surface area contributed by atoms with E-state index in [1.807, 2.05) is 46.4 Å². The summed E-state index contributed by atoms with van der Waals surface area (Å²) in [4.78, 5) is 32.1. The van der Waals surface area contributed by atoms with E-state index in [1.54, 1.807) is 28.8 Å². The van der Waals surface area contributed by atoms with E-state index in [0.29, 0.717) is 38.4 Å². The molecule has 2 aromatic carbocycles. The van der Waals surface area contributed by atoms with Crippen LogP contribution in [-0.2, 0) is 9.59 Å². The van der Waals surface area contributed by atoms with Crippen molar-refractivity contribution in [2.75, 3.05) is 48.8 Å². The number of thioether (sulfide) groups is 1. The Kier molecular flexibility index (Phi) is 5.76. The van der Waals surface area contributed by atoms with Crippen LogP contribution in [0, 0.1) is 11.7 Å². The van der Waals surface area contributed by atoms with Gasteiger partial charge in [-0.2, -0.15) is 0 Å². The van der Waals surface area contributed by atoms with E-state index in [4.69, 9.17) is 0 Å². The summed E-state index contributed by atoms with van der Waals surface area (Å²) >= 11 is 1.65. The first kappa shape index (κ1) is 19.8. The Labute approximate surface area is 174 Å². The highest BCUT2D eigenvalue weighted by molar-refractivity contribution is 7.98. The molecule has 7 heteroatoms. The van der Waals surface area contributed by atoms with Gasteiger partial charge in [-0.25, -0.2) is 4.39 Å². The van der Waals surface area contributed by atoms with Crippen LogP contribution in [0.2, 0.25) is 0 Å². The first-order valence-corrected chi connectivity index (χ1v) is 11.0. The van der Waals surface area contributed by atoms with Crippen LogP contribution in [-0.4, -0.2) is 55.7 Å². The Bertz CT molecular complexity index is 897. The molecular formula is C22H24FN3O2S. The zero-order chi connectivity index (χ0) is 20.4. The Balaban J connectivity index is 1.37. The van der Waals surface area contributed by atoms with Gasteiger partial charge >= 0.3 is 0 Å². The normalized spacial score (nSPS) is 19.7. The van der Waals surface area contributed by atoms with Crippen molar-refractivity contribution in [3.8, 4) is 0 Å². The number of halogens is 1. The highest BCUT2D eigenvalue weighted by Crippen LogP contribution is 2.29. The van der Waals surface area contributed by atoms with Crippen LogP contribution in [0.5, 0.6) is 0 Å². The SMILES string of the molecule is CSc1ccc(N2CC(C(=O)N3CCN(c4ccccc4F)CC3)CC2=O)cc1. The monoisotopic (exact) mass is 413 g/mol. The lowest BCUT2D eigenvalue weighted by Crippen LogP contribution is -2.51. The van der Waals surface area contributed by atoms with Crippen LogP contribution in [0.15, 0.2) is 53.4 Å². The van der Waals surface area contributed by atoms with E-state index >= 15 is 0 Å². The zero-order valence-corrected chi connectivity index (χ0v) is 17.2. The maximum atomic E-state index is 14.0. The molecule has 2 fully saturated rings. The maximum absolute atomic E-state index is 14.0. The number of piperazine rings is 1. The molecule has 2 heterocycles. The molecule has 0 N–H and O–H groups in total. The first-order chi connectivity index (χ1) is 14.1. The summed E-state index contributed by atoms with van der Waals surface area (Å²) < 4.78 is 14.0. The molecule has 5 nitrogen and oxygen atoms in total. The number of para-hydroxylation sites is 1. The van der Waals surface area contributed by atoms with Gasteiger partial charge in [-0.3, -0.25) is 9.59 Å². The molecule has 29 heavy (non-hydrogen) atoms. The molecule has 2 aromatic rings. The van der Waals surface area contributed by atoms with Crippen molar-refractivity contribution >= 4 is 35.0 Å². The van der Waals surface area contributed by atoms with Crippen molar-refractivity contribution in [2.45, 2.75) is 11.3 Å². The topological polar surface area (TPSA) is 43.9 Å². The summed E-state index contributed by atoms with van der Waals surface area (Å²) in [7, 11) is 0. The van der Waals surface area contributed by atoms with Gasteiger partial charge in [0.1, 0.15) is 5.82 Å². The second kappa shape index (κ2) is 8.45. The van der Waals surface area contributed by atoms with Crippen molar-refractivity contribution < 1.29 is 14.0 Å². The summed E-state index contributed by atoms with van der Waals surface area (Å²) in [6, 6.07) is 14.6. The molecule has 2 amide bonds. The highest BCUT2D eigenvalue weighted by atomic mass is 32.2. The zero-order valence-electron chi connectivity index (χ0n) is 16.4. The Morgan fingerprint density at radius 1 is 1.03 bits per heavy atom. The van der Waals surface area contributed by atoms with Crippen molar-refractivity contribution in [3.63, 3.8) is 0 Å². The second-order valence-electron chi connectivity index (χ2n) is 7.37. The molecule has 2 aliphatic heterocycles. The summed E-state index contributed by atoms with van der Waals surface area (Å²) in [6.07, 6.45) is 2.26. The maximum Gasteiger partial charge on any atom is 0.228 e. The van der Waals surface area contributed by atoms with Crippen LogP contribution < -0.4 is 9.80 Å². The molecule has 0 bridgehead atoms. The third kappa shape index (κ3) is 4.10. The molecule has 0 aromatic heterocycles. The summed E-state index contributed by atoms with van der Waals surface area (Å²) in [5.41, 5.74) is 1.42. The quantitative estimate of drug-likeness (QED) is 0.722. The van der Waals surface area contributed by atoms with E-state index in [9.17, 15) is 14.0 Å². The molecule has 152 valence electrons. The fourth-order valence-corrected chi connectivity index (χ4v) is 4.43. The molecule has 0 radical (unpaired) electrons. The van der Waals surface area contributed by atoms with Crippen LogP contribution in [0.3, 0.4) is 0 Å². The second-order valence-corrected chi connectivity index (χ2v) is 8.25. The summed E-state index contributed by atoms with van der Waals surface area (Å²) in [5, 5.41) is 0. The minimum Gasteiger partial charge on any atom is -0.366 e. The van der Waals surface area contributed by atoms with Gasteiger partial charge in [0.25, 0.3) is 0 Å². The van der Waals surface area contributed by atoms with Crippen LogP contribution >= 0.6 is 11.8 Å². The predicted octanol–water partition coefficient (Wildman–Crippen LogP) is 3.25. The Morgan fingerprint density at radius 2 is 1.72 bits per heavy atom. The fraction of sp³-hybridized carbons (Fsp3) is 0.364. The number of carbonyl (C=O) groups is 2. The standard InChI is InChI=1S/C22H24FN3O2S/c1-29-18-8-6-17(7-9-18)26-15-16(14-21(26)27)22(28)25-12-10-24(11-13-25)20-5-3-2-4-19(20)23/h2-9,16H,10-15H2,1H3. The molecule has 0 spiro atoms. The van der Waals surface area contributed by atoms with E-state index < -0.39 is 0 Å². The number of hydrogen-bond acceptors (Lipinski definition) is 4. The molecule has 1 unspecified atom stereocenters. The lowest BCUT2D eigenvalue weighted by atomic mass is 10.1. The molecule has 2 saturated heterocycles. The summed E-state index contributed by atoms with van der Waals surface area (Å²) in [6.45, 7) is 2.69. The highest BCUT2D eigenvalue weighted by Gasteiger charge is 2.38. The van der Waals surface area contributed by atoms with Crippen LogP contribution in [0.4, 0.5) is 15.8 Å². The van der Waals surface area contributed by atoms with Gasteiger partial charge in [-0.15, -0.1) is 11.8 Å². The van der Waals surface area contributed by atoms with Gasteiger partial charge in [0.05, 0.1) is 11.6 Å². The smallest absolute Gasteiger partial charge is 0.228 e. The molecular weight excluding hydrogens is 389 g/mol. The van der Waals surface area contributed by atoms with E-state index in [-0.39, 0.29) is 30.0 Å². The van der Waals surface area contributed by atoms with Gasteiger partial charge in [0.15, 0.2) is 0 Å². The Hall–Kier alpha value is -2.54. The third-order valence-corrected chi connectivity index (χ3v) is 6.39. The average Bonchev–Trinajstić information content (AvgIpc) is 3.15. The summed E-state index contributed by atoms with van der Waals surface area (Å²) in [5.74, 6) is -0.542. The first-order valence-electron chi connectivity index (χ1n) is 9.79. The van der Waals surface area contributed by atoms with Gasteiger partial charge in [-0.1, -0.05) is 12.1 Å². The van der Waals surface area contributed by atoms with Crippen molar-refractivity contribution in [2.24, 2.45) is 5.92 Å². The van der Waals surface area contributed by atoms with E-state index in [0.717, 1.165) is 10.6 Å². The number of anilines is 2. The van der Waals surface area contributed by atoms with Gasteiger partial charge < -0.3 is 14.7 Å². The Morgan fingerprint density at radius 3 is 2.38 bits per heavy atom. The number of benzene rings is 2. The number of rotatable bonds is 4. The van der Waals surface area contributed by atoms with Crippen molar-refractivity contribution in [1.29, 1.82) is 0 Å². The van der Waals surface area contributed by atoms with E-state index in [2.05, 4.69) is 0 Å². The minimum absolute atomic E-state index is 0.00903. The average molecular weight is 414 g/mol. The largest absolute Gasteiger partial charge is 0.366 e. The molecule has 4 rings (SSSR count). The number of amides is 2. The fourth-order valence-electron chi connectivity index (χ4n) is 4.02. The minimum atomic E-state index is -0.317. The molecule has 2 aliphatic rings. The van der Waals surface area contributed by atoms with Gasteiger partial charge in [0.2, 0.25) is 11.8 Å². The molecule has 1 atom stereocenters. The van der Waals surface area contributed by atoms with Crippen LogP contribution in [0.25, 0.3) is 0 Å². The molecule has 0 aliphatic carbocycles.